The van der Waals surface area contributed by atoms with Gasteiger partial charge in [-0.15, -0.1) is 0 Å². The average molecular weight is 309 g/mol. The van der Waals surface area contributed by atoms with Crippen LogP contribution in [0.3, 0.4) is 0 Å². The van der Waals surface area contributed by atoms with E-state index < -0.39 is 0 Å². The molecule has 0 aromatic carbocycles. The Kier molecular flexibility index (Phi) is 4.63. The van der Waals surface area contributed by atoms with E-state index in [2.05, 4.69) is 20.2 Å². The highest BCUT2D eigenvalue weighted by molar-refractivity contribution is 6.35. The first kappa shape index (κ1) is 14.6. The van der Waals surface area contributed by atoms with Crippen LogP contribution in [0.25, 0.3) is 11.0 Å². The van der Waals surface area contributed by atoms with Crippen molar-refractivity contribution in [3.05, 3.63) is 23.4 Å². The Hall–Kier alpha value is -1.30. The molecule has 0 spiro atoms. The fourth-order valence-corrected chi connectivity index (χ4v) is 3.23. The van der Waals surface area contributed by atoms with Gasteiger partial charge in [0.25, 0.3) is 0 Å². The van der Waals surface area contributed by atoms with Crippen molar-refractivity contribution in [2.45, 2.75) is 25.3 Å². The van der Waals surface area contributed by atoms with Crippen LogP contribution in [0.1, 0.15) is 19.3 Å². The van der Waals surface area contributed by atoms with E-state index in [-0.39, 0.29) is 6.61 Å². The van der Waals surface area contributed by atoms with Crippen molar-refractivity contribution in [2.24, 2.45) is 0 Å². The molecular formula is C15H21ClN4O. The maximum atomic E-state index is 9.41. The number of nitrogens with zero attached hydrogens (tertiary/aromatic N) is 2. The van der Waals surface area contributed by atoms with Crippen LogP contribution < -0.4 is 5.32 Å². The quantitative estimate of drug-likeness (QED) is 0.794. The number of aromatic amines is 1. The van der Waals surface area contributed by atoms with Gasteiger partial charge in [-0.2, -0.15) is 0 Å². The Bertz CT molecular complexity index is 600. The van der Waals surface area contributed by atoms with Gasteiger partial charge < -0.3 is 15.4 Å². The molecular weight excluding hydrogens is 288 g/mol. The van der Waals surface area contributed by atoms with Gasteiger partial charge in [-0.3, -0.25) is 4.90 Å². The zero-order chi connectivity index (χ0) is 14.7. The summed E-state index contributed by atoms with van der Waals surface area (Å²) in [5.74, 6) is 0.785. The van der Waals surface area contributed by atoms with Crippen LogP contribution >= 0.6 is 11.6 Å². The Morgan fingerprint density at radius 2 is 2.38 bits per heavy atom. The van der Waals surface area contributed by atoms with Crippen molar-refractivity contribution in [3.63, 3.8) is 0 Å². The number of piperidine rings is 1. The first-order chi connectivity index (χ1) is 10.3. The monoisotopic (exact) mass is 308 g/mol. The second-order valence-corrected chi connectivity index (χ2v) is 5.93. The average Bonchev–Trinajstić information content (AvgIpc) is 2.97. The molecule has 1 aliphatic heterocycles. The summed E-state index contributed by atoms with van der Waals surface area (Å²) < 4.78 is 0. The molecule has 5 nitrogen and oxygen atoms in total. The Morgan fingerprint density at radius 3 is 3.24 bits per heavy atom. The molecule has 1 fully saturated rings. The van der Waals surface area contributed by atoms with E-state index >= 15 is 0 Å². The van der Waals surface area contributed by atoms with Crippen molar-refractivity contribution in [1.29, 1.82) is 0 Å². The molecule has 3 rings (SSSR count). The van der Waals surface area contributed by atoms with Crippen molar-refractivity contribution in [1.82, 2.24) is 14.9 Å². The number of halogens is 1. The van der Waals surface area contributed by atoms with Crippen LogP contribution in [-0.2, 0) is 0 Å². The van der Waals surface area contributed by atoms with Crippen molar-refractivity contribution < 1.29 is 5.11 Å². The van der Waals surface area contributed by atoms with Crippen LogP contribution in [0.4, 0.5) is 5.82 Å². The molecule has 0 unspecified atom stereocenters. The van der Waals surface area contributed by atoms with Crippen LogP contribution in [0.2, 0.25) is 5.02 Å². The minimum absolute atomic E-state index is 0.249. The zero-order valence-corrected chi connectivity index (χ0v) is 12.7. The number of aliphatic hydroxyl groups is 1. The van der Waals surface area contributed by atoms with Gasteiger partial charge in [-0.25, -0.2) is 4.98 Å². The fourth-order valence-electron chi connectivity index (χ4n) is 2.98. The number of aliphatic hydroxyl groups excluding tert-OH is 1. The molecule has 0 saturated carbocycles. The number of nitrogens with one attached hydrogen (secondary N) is 2. The first-order valence-electron chi connectivity index (χ1n) is 7.50. The number of likely N-dealkylation sites (tertiary alicyclic amines) is 1. The second-order valence-electron chi connectivity index (χ2n) is 5.52. The molecule has 2 aromatic heterocycles. The van der Waals surface area contributed by atoms with E-state index in [4.69, 9.17) is 11.6 Å². The predicted octanol–water partition coefficient (Wildman–Crippen LogP) is 2.47. The van der Waals surface area contributed by atoms with E-state index in [0.29, 0.717) is 11.1 Å². The highest BCUT2D eigenvalue weighted by Gasteiger charge is 2.20. The summed E-state index contributed by atoms with van der Waals surface area (Å²) in [5.41, 5.74) is 0.802. The standard InChI is InChI=1S/C15H21ClN4O/c16-13-9-14(19-15-12(13)4-5-18-15)17-6-8-20-7-2-1-3-11(20)10-21/h4-5,9,11,21H,1-3,6-8,10H2,(H2,17,18,19)/t11-/m0/s1. The minimum Gasteiger partial charge on any atom is -0.395 e. The molecule has 114 valence electrons. The molecule has 6 heteroatoms. The number of anilines is 1. The lowest BCUT2D eigenvalue weighted by Crippen LogP contribution is -2.44. The minimum atomic E-state index is 0.249. The molecule has 21 heavy (non-hydrogen) atoms. The van der Waals surface area contributed by atoms with Crippen LogP contribution in [-0.4, -0.2) is 52.3 Å². The first-order valence-corrected chi connectivity index (χ1v) is 7.88. The Balaban J connectivity index is 1.58. The van der Waals surface area contributed by atoms with Gasteiger partial charge in [-0.1, -0.05) is 18.0 Å². The van der Waals surface area contributed by atoms with Crippen LogP contribution in [0.15, 0.2) is 18.3 Å². The van der Waals surface area contributed by atoms with E-state index in [1.807, 2.05) is 18.3 Å². The van der Waals surface area contributed by atoms with E-state index in [0.717, 1.165) is 42.9 Å². The summed E-state index contributed by atoms with van der Waals surface area (Å²) in [6.45, 7) is 3.02. The lowest BCUT2D eigenvalue weighted by molar-refractivity contribution is 0.0940. The number of hydrogen-bond acceptors (Lipinski definition) is 4. The molecule has 1 atom stereocenters. The lowest BCUT2D eigenvalue weighted by atomic mass is 10.0. The summed E-state index contributed by atoms with van der Waals surface area (Å²) in [5, 5.41) is 14.4. The molecule has 0 bridgehead atoms. The van der Waals surface area contributed by atoms with Crippen molar-refractivity contribution in [2.75, 3.05) is 31.6 Å². The van der Waals surface area contributed by atoms with Gasteiger partial charge in [0.1, 0.15) is 11.5 Å². The maximum absolute atomic E-state index is 9.41. The Morgan fingerprint density at radius 1 is 1.48 bits per heavy atom. The van der Waals surface area contributed by atoms with Crippen LogP contribution in [0.5, 0.6) is 0 Å². The zero-order valence-electron chi connectivity index (χ0n) is 12.0. The van der Waals surface area contributed by atoms with Gasteiger partial charge >= 0.3 is 0 Å². The normalized spacial score (nSPS) is 20.0. The lowest BCUT2D eigenvalue weighted by Gasteiger charge is -2.34. The van der Waals surface area contributed by atoms with E-state index in [1.165, 1.54) is 12.8 Å². The molecule has 0 radical (unpaired) electrons. The summed E-state index contributed by atoms with van der Waals surface area (Å²) >= 11 is 6.23. The van der Waals surface area contributed by atoms with Crippen molar-refractivity contribution in [3.8, 4) is 0 Å². The third-order valence-electron chi connectivity index (χ3n) is 4.14. The number of aromatic nitrogens is 2. The molecule has 2 aromatic rings. The largest absolute Gasteiger partial charge is 0.395 e. The predicted molar refractivity (Wildman–Crippen MR) is 85.9 cm³/mol. The van der Waals surface area contributed by atoms with Gasteiger partial charge in [0.2, 0.25) is 0 Å². The number of rotatable bonds is 5. The second kappa shape index (κ2) is 6.64. The number of pyridine rings is 1. The summed E-state index contributed by atoms with van der Waals surface area (Å²) in [6, 6.07) is 4.09. The molecule has 3 heterocycles. The van der Waals surface area contributed by atoms with Gasteiger partial charge in [-0.05, 0) is 31.5 Å². The summed E-state index contributed by atoms with van der Waals surface area (Å²) in [4.78, 5) is 9.93. The summed E-state index contributed by atoms with van der Waals surface area (Å²) in [6.07, 6.45) is 5.37. The molecule has 3 N–H and O–H groups in total. The smallest absolute Gasteiger partial charge is 0.141 e. The van der Waals surface area contributed by atoms with Gasteiger partial charge in [0.15, 0.2) is 0 Å². The molecule has 1 aliphatic rings. The highest BCUT2D eigenvalue weighted by atomic mass is 35.5. The maximum Gasteiger partial charge on any atom is 0.141 e. The van der Waals surface area contributed by atoms with E-state index in [1.54, 1.807) is 0 Å². The molecule has 1 saturated heterocycles. The van der Waals surface area contributed by atoms with Gasteiger partial charge in [0.05, 0.1) is 11.6 Å². The van der Waals surface area contributed by atoms with Crippen molar-refractivity contribution >= 4 is 28.5 Å². The van der Waals surface area contributed by atoms with Crippen LogP contribution in [0, 0.1) is 0 Å². The van der Waals surface area contributed by atoms with Gasteiger partial charge in [0, 0.05) is 30.7 Å². The third kappa shape index (κ3) is 3.31. The van der Waals surface area contributed by atoms with E-state index in [9.17, 15) is 5.11 Å². The number of hydrogen-bond donors (Lipinski definition) is 3. The number of H-pyrrole nitrogens is 1. The SMILES string of the molecule is OC[C@@H]1CCCCN1CCNc1cc(Cl)c2cc[nH]c2n1. The fraction of sp³-hybridized carbons (Fsp3) is 0.533. The Labute approximate surface area is 129 Å². The topological polar surface area (TPSA) is 64.2 Å². The third-order valence-corrected chi connectivity index (χ3v) is 4.46. The summed E-state index contributed by atoms with van der Waals surface area (Å²) in [7, 11) is 0. The molecule has 0 aliphatic carbocycles. The highest BCUT2D eigenvalue weighted by Crippen LogP contribution is 2.24. The molecule has 0 amide bonds. The number of fused-ring (bicyclic) bond motifs is 1.